The highest BCUT2D eigenvalue weighted by Gasteiger charge is 2.65. The maximum absolute atomic E-state index is 13.4. The highest BCUT2D eigenvalue weighted by molar-refractivity contribution is 5.81. The molecule has 46 heavy (non-hydrogen) atoms. The molecule has 4 aliphatic rings. The number of oxazole rings is 1. The second-order valence-electron chi connectivity index (χ2n) is 13.5. The first-order chi connectivity index (χ1) is 21.7. The second kappa shape index (κ2) is 13.6. The Morgan fingerprint density at radius 3 is 2.61 bits per heavy atom. The van der Waals surface area contributed by atoms with Crippen molar-refractivity contribution in [2.24, 2.45) is 17.8 Å². The van der Waals surface area contributed by atoms with Crippen molar-refractivity contribution in [2.45, 2.75) is 115 Å². The number of aromatic nitrogens is 1. The molecule has 1 aromatic rings. The van der Waals surface area contributed by atoms with Gasteiger partial charge < -0.3 is 38.3 Å². The van der Waals surface area contributed by atoms with E-state index >= 15 is 0 Å². The number of aliphatic hydroxyl groups excluding tert-OH is 1. The lowest BCUT2D eigenvalue weighted by atomic mass is 9.84. The molecule has 2 N–H and O–H groups in total. The SMILES string of the molecule is CO[C@@H](/C(C)=C/C=C/C(C)=C/c1coc(C)n1)[C@@H](C)[C@@H]1C[C@H](O)[C@]2(C)O[C@@H]2/C=C/[C@@H](C)[C@H]2C[C@H](CC(=O)O2)C[C@H]2O[C@@]2(O)C(=O)O1. The van der Waals surface area contributed by atoms with Gasteiger partial charge in [0.25, 0.3) is 5.79 Å². The van der Waals surface area contributed by atoms with Crippen LogP contribution in [0.5, 0.6) is 0 Å². The smallest absolute Gasteiger partial charge is 0.369 e. The molecule has 5 rings (SSSR count). The minimum absolute atomic E-state index is 0.0504. The van der Waals surface area contributed by atoms with E-state index in [0.717, 1.165) is 16.8 Å². The number of carbonyl (C=O) groups excluding carboxylic acids is 2. The number of methoxy groups -OCH3 is 1. The fraction of sp³-hybridized carbons (Fsp3) is 0.629. The van der Waals surface area contributed by atoms with Crippen LogP contribution in [0.4, 0.5) is 0 Å². The molecular formula is C35H47NO10. The Kier molecular flexibility index (Phi) is 10.1. The van der Waals surface area contributed by atoms with Crippen molar-refractivity contribution in [1.29, 1.82) is 0 Å². The highest BCUT2D eigenvalue weighted by atomic mass is 16.8. The largest absolute Gasteiger partial charge is 0.462 e. The monoisotopic (exact) mass is 641 g/mol. The first-order valence-corrected chi connectivity index (χ1v) is 16.1. The van der Waals surface area contributed by atoms with Crippen molar-refractivity contribution in [2.75, 3.05) is 7.11 Å². The van der Waals surface area contributed by atoms with Crippen LogP contribution in [0.15, 0.2) is 52.2 Å². The first kappa shape index (κ1) is 34.3. The predicted octanol–water partition coefficient (Wildman–Crippen LogP) is 4.37. The van der Waals surface area contributed by atoms with Gasteiger partial charge >= 0.3 is 11.9 Å². The van der Waals surface area contributed by atoms with Crippen molar-refractivity contribution >= 4 is 18.0 Å². The van der Waals surface area contributed by atoms with Crippen LogP contribution in [-0.2, 0) is 33.3 Å². The molecular weight excluding hydrogens is 594 g/mol. The van der Waals surface area contributed by atoms with Crippen molar-refractivity contribution in [1.82, 2.24) is 4.98 Å². The minimum atomic E-state index is -2.12. The zero-order valence-corrected chi connectivity index (χ0v) is 27.7. The lowest BCUT2D eigenvalue weighted by Crippen LogP contribution is -2.43. The molecule has 3 saturated heterocycles. The molecule has 11 nitrogen and oxygen atoms in total. The Morgan fingerprint density at radius 2 is 1.91 bits per heavy atom. The van der Waals surface area contributed by atoms with Crippen LogP contribution in [0.3, 0.4) is 0 Å². The number of aliphatic hydroxyl groups is 2. The third kappa shape index (κ3) is 7.55. The summed E-state index contributed by atoms with van der Waals surface area (Å²) in [5, 5.41) is 22.5. The van der Waals surface area contributed by atoms with E-state index in [1.54, 1.807) is 20.3 Å². The molecule has 0 aromatic carbocycles. The molecule has 11 atom stereocenters. The third-order valence-electron chi connectivity index (χ3n) is 9.78. The molecule has 0 aliphatic carbocycles. The summed E-state index contributed by atoms with van der Waals surface area (Å²) in [5.41, 5.74) is 1.67. The number of fused-ring (bicyclic) bond motifs is 4. The van der Waals surface area contributed by atoms with E-state index in [1.165, 1.54) is 0 Å². The molecule has 0 radical (unpaired) electrons. The van der Waals surface area contributed by atoms with E-state index in [1.807, 2.05) is 71.1 Å². The fourth-order valence-electron chi connectivity index (χ4n) is 6.66. The number of hydrogen-bond donors (Lipinski definition) is 2. The first-order valence-electron chi connectivity index (χ1n) is 16.1. The van der Waals surface area contributed by atoms with Crippen LogP contribution in [-0.4, -0.2) is 82.3 Å². The van der Waals surface area contributed by atoms with Crippen LogP contribution >= 0.6 is 0 Å². The van der Waals surface area contributed by atoms with E-state index < -0.39 is 47.7 Å². The number of rotatable bonds is 7. The number of hydrogen-bond acceptors (Lipinski definition) is 11. The third-order valence-corrected chi connectivity index (χ3v) is 9.78. The van der Waals surface area contributed by atoms with Gasteiger partial charge in [-0.15, -0.1) is 0 Å². The Hall–Kier alpha value is -3.09. The number of cyclic esters (lactones) is 1. The van der Waals surface area contributed by atoms with Gasteiger partial charge in [0, 0.05) is 38.7 Å². The van der Waals surface area contributed by atoms with Gasteiger partial charge in [-0.3, -0.25) is 4.79 Å². The molecule has 5 heterocycles. The zero-order chi connectivity index (χ0) is 33.4. The predicted molar refractivity (Wildman–Crippen MR) is 167 cm³/mol. The van der Waals surface area contributed by atoms with E-state index in [4.69, 9.17) is 28.1 Å². The minimum Gasteiger partial charge on any atom is -0.462 e. The lowest BCUT2D eigenvalue weighted by molar-refractivity contribution is -0.177. The van der Waals surface area contributed by atoms with Gasteiger partial charge in [0.2, 0.25) is 0 Å². The average Bonchev–Trinajstić information content (AvgIpc) is 3.81. The number of esters is 2. The molecule has 0 unspecified atom stereocenters. The molecule has 0 spiro atoms. The van der Waals surface area contributed by atoms with Crippen molar-refractivity contribution in [3.8, 4) is 0 Å². The second-order valence-corrected chi connectivity index (χ2v) is 13.5. The van der Waals surface area contributed by atoms with Crippen LogP contribution in [0.25, 0.3) is 6.08 Å². The van der Waals surface area contributed by atoms with Crippen LogP contribution in [0.2, 0.25) is 0 Å². The maximum atomic E-state index is 13.4. The molecule has 0 amide bonds. The molecule has 0 saturated carbocycles. The van der Waals surface area contributed by atoms with Crippen LogP contribution in [0, 0.1) is 24.7 Å². The summed E-state index contributed by atoms with van der Waals surface area (Å²) < 4.78 is 34.2. The van der Waals surface area contributed by atoms with Crippen molar-refractivity contribution in [3.05, 3.63) is 59.4 Å². The summed E-state index contributed by atoms with van der Waals surface area (Å²) in [6.07, 6.45) is 10.5. The van der Waals surface area contributed by atoms with E-state index in [0.29, 0.717) is 18.7 Å². The standard InChI is InChI=1S/C35H47NO10/c1-19(13-25-18-42-23(5)36-25)9-8-10-21(3)32(41-7)22(4)27-17-28(37)34(6)29(45-34)12-11-20(2)26-14-24(16-31(38)43-26)15-30-35(40,46-30)33(39)44-27/h8-13,18,20,22,24,26-30,32,37,40H,14-17H2,1-7H3/b9-8+,12-11+,19-13+,21-10+/t20-,22+,24+,26-,27+,28+,29-,30-,32+,34+,35-/m1/s1. The van der Waals surface area contributed by atoms with Crippen molar-refractivity contribution < 1.29 is 47.9 Å². The Morgan fingerprint density at radius 1 is 1.15 bits per heavy atom. The summed E-state index contributed by atoms with van der Waals surface area (Å²) in [7, 11) is 1.58. The number of ether oxygens (including phenoxy) is 5. The van der Waals surface area contributed by atoms with E-state index in [-0.39, 0.29) is 42.9 Å². The normalized spacial score (nSPS) is 39.1. The van der Waals surface area contributed by atoms with Gasteiger partial charge in [-0.05, 0) is 56.8 Å². The molecule has 4 aliphatic heterocycles. The van der Waals surface area contributed by atoms with Gasteiger partial charge in [0.05, 0.1) is 12.2 Å². The molecule has 3 fully saturated rings. The van der Waals surface area contributed by atoms with Gasteiger partial charge in [-0.25, -0.2) is 9.78 Å². The van der Waals surface area contributed by atoms with Gasteiger partial charge in [0.1, 0.15) is 42.0 Å². The number of carbonyl (C=O) groups is 2. The Balaban J connectivity index is 1.35. The quantitative estimate of drug-likeness (QED) is 0.189. The lowest BCUT2D eigenvalue weighted by Gasteiger charge is -2.33. The average molecular weight is 642 g/mol. The van der Waals surface area contributed by atoms with Gasteiger partial charge in [0.15, 0.2) is 5.89 Å². The van der Waals surface area contributed by atoms with Crippen molar-refractivity contribution in [3.63, 3.8) is 0 Å². The summed E-state index contributed by atoms with van der Waals surface area (Å²) in [6.45, 7) is 11.3. The molecule has 1 aromatic heterocycles. The molecule has 11 heteroatoms. The van der Waals surface area contributed by atoms with E-state index in [9.17, 15) is 19.8 Å². The van der Waals surface area contributed by atoms with Gasteiger partial charge in [-0.2, -0.15) is 0 Å². The summed E-state index contributed by atoms with van der Waals surface area (Å²) in [4.78, 5) is 30.1. The van der Waals surface area contributed by atoms with Gasteiger partial charge in [-0.1, -0.05) is 44.2 Å². The Labute approximate surface area is 270 Å². The zero-order valence-electron chi connectivity index (χ0n) is 27.7. The summed E-state index contributed by atoms with van der Waals surface area (Å²) >= 11 is 0. The van der Waals surface area contributed by atoms with Crippen LogP contribution < -0.4 is 0 Å². The summed E-state index contributed by atoms with van der Waals surface area (Å²) in [6, 6.07) is 0. The summed E-state index contributed by atoms with van der Waals surface area (Å²) in [5.74, 6) is -3.38. The number of allylic oxidation sites excluding steroid dienone is 4. The number of aryl methyl sites for hydroxylation is 1. The highest BCUT2D eigenvalue weighted by Crippen LogP contribution is 2.46. The molecule has 252 valence electrons. The topological polar surface area (TPSA) is 153 Å². The maximum Gasteiger partial charge on any atom is 0.369 e. The number of nitrogens with zero attached hydrogens (tertiary/aromatic N) is 1. The van der Waals surface area contributed by atoms with E-state index in [2.05, 4.69) is 4.98 Å². The van der Waals surface area contributed by atoms with Crippen LogP contribution in [0.1, 0.15) is 71.9 Å². The molecule has 2 bridgehead atoms. The Bertz CT molecular complexity index is 1410. The fourth-order valence-corrected chi connectivity index (χ4v) is 6.66. The number of epoxide rings is 2.